The maximum absolute atomic E-state index is 13.0. The molecule has 1 amide bonds. The molecule has 0 bridgehead atoms. The number of hydrogen-bond donors (Lipinski definition) is 1. The van der Waals surface area contributed by atoms with E-state index in [0.29, 0.717) is 37.0 Å². The normalized spacial score (nSPS) is 14.3. The van der Waals surface area contributed by atoms with Gasteiger partial charge in [0.25, 0.3) is 21.7 Å². The first-order valence-electron chi connectivity index (χ1n) is 10.5. The van der Waals surface area contributed by atoms with Crippen LogP contribution < -0.4 is 10.4 Å². The summed E-state index contributed by atoms with van der Waals surface area (Å²) in [5.41, 5.74) is 3.93. The summed E-state index contributed by atoms with van der Waals surface area (Å²) in [5.74, 6) is -0.209. The molecule has 2 aromatic rings. The van der Waals surface area contributed by atoms with Crippen LogP contribution in [0.4, 0.5) is 10.8 Å². The Hall–Kier alpha value is -2.65. The van der Waals surface area contributed by atoms with E-state index in [-0.39, 0.29) is 24.2 Å². The highest BCUT2D eigenvalue weighted by atomic mass is 32.2. The number of nitro groups is 1. The zero-order valence-corrected chi connectivity index (χ0v) is 20.7. The molecular formula is C20H27N5O7S2. The molecule has 34 heavy (non-hydrogen) atoms. The lowest BCUT2D eigenvalue weighted by Gasteiger charge is -2.37. The number of carbonyl (C=O) groups is 1. The van der Waals surface area contributed by atoms with Gasteiger partial charge in [0.2, 0.25) is 0 Å². The summed E-state index contributed by atoms with van der Waals surface area (Å²) >= 11 is 1.32. The molecule has 1 aromatic carbocycles. The fourth-order valence-corrected chi connectivity index (χ4v) is 4.67. The lowest BCUT2D eigenvalue weighted by atomic mass is 10.2. The highest BCUT2D eigenvalue weighted by Gasteiger charge is 2.33. The second-order valence-corrected chi connectivity index (χ2v) is 10.5. The largest absolute Gasteiger partial charge is 0.343 e. The van der Waals surface area contributed by atoms with E-state index in [0.717, 1.165) is 11.8 Å². The standard InChI is InChI=1S/C20H27N5O7S2/c1-14(2)24(9-8-21-31-12-15-4-6-16(7-5-15)25(27)28)19(26)18-13-33-20(22-18)23-10-17(11-23)32-34(3,29)30/h4-7,13-14,17,21H,8-12H2,1-3H3. The van der Waals surface area contributed by atoms with Crippen LogP contribution in [0.1, 0.15) is 29.9 Å². The molecule has 0 unspecified atom stereocenters. The number of nitrogens with one attached hydrogen (secondary N) is 1. The number of rotatable bonds is 12. The quantitative estimate of drug-likeness (QED) is 0.193. The van der Waals surface area contributed by atoms with Crippen LogP contribution in [-0.2, 0) is 25.7 Å². The van der Waals surface area contributed by atoms with Gasteiger partial charge in [0.05, 0.1) is 17.8 Å². The molecule has 1 N–H and O–H groups in total. The van der Waals surface area contributed by atoms with Crippen LogP contribution in [0.25, 0.3) is 0 Å². The maximum Gasteiger partial charge on any atom is 0.273 e. The number of nitro benzene ring substituents is 1. The summed E-state index contributed by atoms with van der Waals surface area (Å²) in [7, 11) is -3.50. The smallest absolute Gasteiger partial charge is 0.273 e. The summed E-state index contributed by atoms with van der Waals surface area (Å²) in [6.45, 7) is 5.61. The first-order valence-corrected chi connectivity index (χ1v) is 13.2. The number of thiazole rings is 1. The zero-order chi connectivity index (χ0) is 24.9. The highest BCUT2D eigenvalue weighted by Crippen LogP contribution is 2.27. The molecule has 1 aliphatic rings. The van der Waals surface area contributed by atoms with Crippen molar-refractivity contribution in [1.29, 1.82) is 0 Å². The Kier molecular flexibility index (Phi) is 8.54. The first kappa shape index (κ1) is 26.0. The third-order valence-electron chi connectivity index (χ3n) is 4.97. The first-order chi connectivity index (χ1) is 16.0. The molecule has 12 nitrogen and oxygen atoms in total. The van der Waals surface area contributed by atoms with Gasteiger partial charge < -0.3 is 9.80 Å². The molecule has 14 heteroatoms. The molecular weight excluding hydrogens is 486 g/mol. The molecule has 2 heterocycles. The minimum absolute atomic E-state index is 0.0177. The van der Waals surface area contributed by atoms with Gasteiger partial charge in [0.15, 0.2) is 5.13 Å². The fourth-order valence-electron chi connectivity index (χ4n) is 3.24. The Morgan fingerprint density at radius 1 is 1.35 bits per heavy atom. The summed E-state index contributed by atoms with van der Waals surface area (Å²) in [5, 5.41) is 13.0. The van der Waals surface area contributed by atoms with E-state index in [1.54, 1.807) is 22.4 Å². The molecule has 186 valence electrons. The van der Waals surface area contributed by atoms with E-state index in [9.17, 15) is 23.3 Å². The van der Waals surface area contributed by atoms with Gasteiger partial charge in [0, 0.05) is 49.7 Å². The number of nitrogens with zero attached hydrogens (tertiary/aromatic N) is 4. The Morgan fingerprint density at radius 3 is 2.62 bits per heavy atom. The van der Waals surface area contributed by atoms with Crippen LogP contribution in [-0.4, -0.2) is 73.7 Å². The van der Waals surface area contributed by atoms with Crippen molar-refractivity contribution in [2.45, 2.75) is 32.6 Å². The number of hydrogen-bond acceptors (Lipinski definition) is 11. The van der Waals surface area contributed by atoms with Crippen molar-refractivity contribution < 1.29 is 27.2 Å². The minimum Gasteiger partial charge on any atom is -0.343 e. The van der Waals surface area contributed by atoms with Crippen molar-refractivity contribution in [3.8, 4) is 0 Å². The predicted octanol–water partition coefficient (Wildman–Crippen LogP) is 1.79. The van der Waals surface area contributed by atoms with E-state index in [2.05, 4.69) is 10.5 Å². The topological polar surface area (TPSA) is 144 Å². The summed E-state index contributed by atoms with van der Waals surface area (Å²) < 4.78 is 27.3. The average Bonchev–Trinajstić information content (AvgIpc) is 3.21. The second kappa shape index (κ2) is 11.2. The van der Waals surface area contributed by atoms with Crippen molar-refractivity contribution in [2.24, 2.45) is 0 Å². The van der Waals surface area contributed by atoms with Crippen LogP contribution in [0.3, 0.4) is 0 Å². The molecule has 3 rings (SSSR count). The van der Waals surface area contributed by atoms with Crippen LogP contribution >= 0.6 is 11.3 Å². The number of anilines is 1. The lowest BCUT2D eigenvalue weighted by molar-refractivity contribution is -0.384. The number of non-ortho nitro benzene ring substituents is 1. The van der Waals surface area contributed by atoms with Gasteiger partial charge in [-0.15, -0.1) is 11.3 Å². The van der Waals surface area contributed by atoms with E-state index in [1.165, 1.54) is 23.5 Å². The molecule has 1 saturated heterocycles. The summed E-state index contributed by atoms with van der Waals surface area (Å²) in [6.07, 6.45) is 0.619. The summed E-state index contributed by atoms with van der Waals surface area (Å²) in [6, 6.07) is 6.01. The van der Waals surface area contributed by atoms with Gasteiger partial charge in [-0.25, -0.2) is 10.5 Å². The van der Waals surface area contributed by atoms with Gasteiger partial charge in [-0.05, 0) is 31.5 Å². The predicted molar refractivity (Wildman–Crippen MR) is 126 cm³/mol. The molecule has 1 fully saturated rings. The number of carbonyl (C=O) groups excluding carboxylic acids is 1. The molecule has 0 saturated carbocycles. The number of benzene rings is 1. The van der Waals surface area contributed by atoms with Gasteiger partial charge in [0.1, 0.15) is 11.8 Å². The Bertz CT molecular complexity index is 1100. The Balaban J connectivity index is 1.45. The van der Waals surface area contributed by atoms with Gasteiger partial charge in [-0.2, -0.15) is 8.42 Å². The number of aromatic nitrogens is 1. The average molecular weight is 514 g/mol. The van der Waals surface area contributed by atoms with Crippen LogP contribution in [0, 0.1) is 10.1 Å². The monoisotopic (exact) mass is 513 g/mol. The maximum atomic E-state index is 13.0. The third-order valence-corrected chi connectivity index (χ3v) is 6.49. The SMILES string of the molecule is CC(C)N(CCNOCc1ccc([N+](=O)[O-])cc1)C(=O)c1csc(N2CC(OS(C)(=O)=O)C2)n1. The van der Waals surface area contributed by atoms with Crippen LogP contribution in [0.5, 0.6) is 0 Å². The fraction of sp³-hybridized carbons (Fsp3) is 0.500. The zero-order valence-electron chi connectivity index (χ0n) is 19.0. The Labute approximate surface area is 201 Å². The van der Waals surface area contributed by atoms with Crippen LogP contribution in [0.15, 0.2) is 29.6 Å². The second-order valence-electron chi connectivity index (χ2n) is 8.04. The van der Waals surface area contributed by atoms with Crippen molar-refractivity contribution in [3.63, 3.8) is 0 Å². The van der Waals surface area contributed by atoms with Gasteiger partial charge in [-0.1, -0.05) is 0 Å². The van der Waals surface area contributed by atoms with Gasteiger partial charge in [-0.3, -0.25) is 23.9 Å². The van der Waals surface area contributed by atoms with Crippen LogP contribution in [0.2, 0.25) is 0 Å². The van der Waals surface area contributed by atoms with Gasteiger partial charge >= 0.3 is 0 Å². The lowest BCUT2D eigenvalue weighted by Crippen LogP contribution is -2.53. The van der Waals surface area contributed by atoms with E-state index in [1.807, 2.05) is 18.7 Å². The molecule has 0 atom stereocenters. The van der Waals surface area contributed by atoms with E-state index >= 15 is 0 Å². The molecule has 1 aromatic heterocycles. The van der Waals surface area contributed by atoms with E-state index in [4.69, 9.17) is 9.02 Å². The number of amides is 1. The number of hydroxylamine groups is 1. The third kappa shape index (κ3) is 7.17. The van der Waals surface area contributed by atoms with E-state index < -0.39 is 21.1 Å². The minimum atomic E-state index is -3.50. The molecule has 0 aliphatic carbocycles. The van der Waals surface area contributed by atoms with Crippen molar-refractivity contribution in [1.82, 2.24) is 15.4 Å². The molecule has 0 radical (unpaired) electrons. The van der Waals surface area contributed by atoms with Crippen molar-refractivity contribution in [3.05, 3.63) is 51.0 Å². The molecule has 0 spiro atoms. The summed E-state index contributed by atoms with van der Waals surface area (Å²) in [4.78, 5) is 36.6. The van der Waals surface area contributed by atoms with Crippen molar-refractivity contribution in [2.75, 3.05) is 37.3 Å². The molecule has 1 aliphatic heterocycles. The van der Waals surface area contributed by atoms with Crippen molar-refractivity contribution >= 4 is 38.2 Å². The highest BCUT2D eigenvalue weighted by molar-refractivity contribution is 7.86. The Morgan fingerprint density at radius 2 is 2.03 bits per heavy atom.